The van der Waals surface area contributed by atoms with Crippen molar-refractivity contribution in [3.63, 3.8) is 0 Å². The molecule has 0 aliphatic heterocycles. The molecule has 0 amide bonds. The van der Waals surface area contributed by atoms with Crippen LogP contribution in [-0.4, -0.2) is 29.1 Å². The van der Waals surface area contributed by atoms with E-state index in [0.717, 1.165) is 12.2 Å². The summed E-state index contributed by atoms with van der Waals surface area (Å²) in [4.78, 5) is 10.6. The van der Waals surface area contributed by atoms with E-state index in [1.165, 1.54) is 0 Å². The van der Waals surface area contributed by atoms with E-state index >= 15 is 0 Å². The van der Waals surface area contributed by atoms with Gasteiger partial charge in [-0.1, -0.05) is 19.1 Å². The summed E-state index contributed by atoms with van der Waals surface area (Å²) in [5.74, 6) is -0.239. The minimum Gasteiger partial charge on any atom is -0.480 e. The molecule has 0 saturated heterocycles. The number of carboxylic acid groups (broad SMARTS) is 1. The van der Waals surface area contributed by atoms with E-state index in [1.807, 2.05) is 25.3 Å². The normalized spacial score (nSPS) is 15.9. The number of nitrogens with two attached hydrogens (primary N) is 1. The Morgan fingerprint density at radius 1 is 1.69 bits per heavy atom. The van der Waals surface area contributed by atoms with Gasteiger partial charge in [0.1, 0.15) is 6.04 Å². The highest BCUT2D eigenvalue weighted by molar-refractivity contribution is 7.98. The molecular weight excluding hydrogens is 186 g/mol. The van der Waals surface area contributed by atoms with Gasteiger partial charge in [-0.25, -0.2) is 0 Å². The molecule has 0 saturated carbocycles. The molecule has 0 spiro atoms. The zero-order valence-corrected chi connectivity index (χ0v) is 8.88. The zero-order chi connectivity index (χ0) is 10.3. The molecule has 0 radical (unpaired) electrons. The van der Waals surface area contributed by atoms with Crippen molar-refractivity contribution in [1.29, 1.82) is 0 Å². The topological polar surface area (TPSA) is 63.3 Å². The van der Waals surface area contributed by atoms with E-state index in [0.29, 0.717) is 0 Å². The van der Waals surface area contributed by atoms with Gasteiger partial charge in [-0.3, -0.25) is 4.79 Å². The fraction of sp³-hybridized carbons (Fsp3) is 0.667. The number of hydrogen-bond acceptors (Lipinski definition) is 3. The average Bonchev–Trinajstić information content (AvgIpc) is 2.11. The highest BCUT2D eigenvalue weighted by Crippen LogP contribution is 2.11. The van der Waals surface area contributed by atoms with Crippen molar-refractivity contribution in [2.75, 3.05) is 12.0 Å². The lowest BCUT2D eigenvalue weighted by molar-refractivity contribution is -0.139. The second-order valence-electron chi connectivity index (χ2n) is 2.82. The van der Waals surface area contributed by atoms with Crippen molar-refractivity contribution in [2.24, 2.45) is 11.7 Å². The Kier molecular flexibility index (Phi) is 6.72. The lowest BCUT2D eigenvalue weighted by Gasteiger charge is -2.15. The van der Waals surface area contributed by atoms with Crippen LogP contribution in [0.2, 0.25) is 0 Å². The van der Waals surface area contributed by atoms with E-state index in [1.54, 1.807) is 11.8 Å². The molecule has 0 aliphatic rings. The lowest BCUT2D eigenvalue weighted by Crippen LogP contribution is -2.38. The predicted octanol–water partition coefficient (Wildman–Crippen LogP) is 1.34. The third-order valence-corrected chi connectivity index (χ3v) is 2.44. The molecule has 0 fully saturated rings. The second-order valence-corrected chi connectivity index (χ2v) is 3.73. The molecular formula is C9H17NO2S. The van der Waals surface area contributed by atoms with Gasteiger partial charge < -0.3 is 10.8 Å². The largest absolute Gasteiger partial charge is 0.480 e. The minimum atomic E-state index is -0.931. The molecule has 76 valence electrons. The lowest BCUT2D eigenvalue weighted by atomic mass is 10.0. The quantitative estimate of drug-likeness (QED) is 0.639. The Morgan fingerprint density at radius 3 is 2.69 bits per heavy atom. The summed E-state index contributed by atoms with van der Waals surface area (Å²) in [6.07, 6.45) is 6.72. The molecule has 3 nitrogen and oxygen atoms in total. The maximum absolute atomic E-state index is 10.6. The van der Waals surface area contributed by atoms with Crippen molar-refractivity contribution in [1.82, 2.24) is 0 Å². The fourth-order valence-corrected chi connectivity index (χ4v) is 1.67. The van der Waals surface area contributed by atoms with Gasteiger partial charge in [-0.15, -0.1) is 0 Å². The molecule has 0 aromatic carbocycles. The fourth-order valence-electron chi connectivity index (χ4n) is 0.965. The Morgan fingerprint density at radius 2 is 2.31 bits per heavy atom. The van der Waals surface area contributed by atoms with Crippen LogP contribution in [0.25, 0.3) is 0 Å². The number of carboxylic acids is 1. The number of aliphatic carboxylic acids is 1. The van der Waals surface area contributed by atoms with Crippen LogP contribution >= 0.6 is 11.8 Å². The Labute approximate surface area is 83.4 Å². The molecule has 1 unspecified atom stereocenters. The molecule has 0 rings (SSSR count). The van der Waals surface area contributed by atoms with Crippen LogP contribution in [0.5, 0.6) is 0 Å². The maximum atomic E-state index is 10.6. The third-order valence-electron chi connectivity index (χ3n) is 1.72. The van der Waals surface area contributed by atoms with Gasteiger partial charge in [-0.05, 0) is 12.7 Å². The monoisotopic (exact) mass is 203 g/mol. The number of hydrogen-bond donors (Lipinski definition) is 2. The molecule has 3 N–H and O–H groups in total. The molecule has 0 aromatic rings. The highest BCUT2D eigenvalue weighted by Gasteiger charge is 2.20. The molecule has 13 heavy (non-hydrogen) atoms. The van der Waals surface area contributed by atoms with Gasteiger partial charge in [0.15, 0.2) is 0 Å². The Balaban J connectivity index is 4.22. The summed E-state index contributed by atoms with van der Waals surface area (Å²) in [5, 5.41) is 8.71. The van der Waals surface area contributed by atoms with E-state index < -0.39 is 12.0 Å². The SMILES string of the molecule is CCC=CC(CSC)[C@H](N)C(=O)O. The molecule has 0 heterocycles. The van der Waals surface area contributed by atoms with E-state index in [9.17, 15) is 4.79 Å². The van der Waals surface area contributed by atoms with Crippen molar-refractivity contribution < 1.29 is 9.90 Å². The number of rotatable bonds is 6. The minimum absolute atomic E-state index is 0.0625. The van der Waals surface area contributed by atoms with Gasteiger partial charge in [0, 0.05) is 11.7 Å². The second kappa shape index (κ2) is 6.97. The summed E-state index contributed by atoms with van der Waals surface area (Å²) in [6.45, 7) is 2.01. The number of thioether (sulfide) groups is 1. The molecule has 0 bridgehead atoms. The van der Waals surface area contributed by atoms with Crippen molar-refractivity contribution in [3.8, 4) is 0 Å². The first-order valence-electron chi connectivity index (χ1n) is 4.27. The summed E-state index contributed by atoms with van der Waals surface area (Å²) >= 11 is 1.61. The summed E-state index contributed by atoms with van der Waals surface area (Å²) in [7, 11) is 0. The average molecular weight is 203 g/mol. The first-order valence-corrected chi connectivity index (χ1v) is 5.66. The van der Waals surface area contributed by atoms with Gasteiger partial charge in [0.25, 0.3) is 0 Å². The van der Waals surface area contributed by atoms with Crippen LogP contribution in [0.1, 0.15) is 13.3 Å². The van der Waals surface area contributed by atoms with Gasteiger partial charge in [0.2, 0.25) is 0 Å². The molecule has 0 aliphatic carbocycles. The van der Waals surface area contributed by atoms with Crippen molar-refractivity contribution in [3.05, 3.63) is 12.2 Å². The van der Waals surface area contributed by atoms with Crippen molar-refractivity contribution in [2.45, 2.75) is 19.4 Å². The van der Waals surface area contributed by atoms with Crippen LogP contribution in [0.15, 0.2) is 12.2 Å². The first kappa shape index (κ1) is 12.5. The Bertz CT molecular complexity index is 182. The van der Waals surface area contributed by atoms with Gasteiger partial charge in [-0.2, -0.15) is 11.8 Å². The standard InChI is InChI=1S/C9H17NO2S/c1-3-4-5-7(6-13-2)8(10)9(11)12/h4-5,7-8H,3,6,10H2,1-2H3,(H,11,12)/t7?,8-/m0/s1. The van der Waals surface area contributed by atoms with Crippen LogP contribution in [0, 0.1) is 5.92 Å². The summed E-state index contributed by atoms with van der Waals surface area (Å²) in [5.41, 5.74) is 5.52. The van der Waals surface area contributed by atoms with E-state index in [2.05, 4.69) is 0 Å². The molecule has 2 atom stereocenters. The smallest absolute Gasteiger partial charge is 0.321 e. The zero-order valence-electron chi connectivity index (χ0n) is 8.06. The molecule has 0 aromatic heterocycles. The summed E-state index contributed by atoms with van der Waals surface area (Å²) < 4.78 is 0. The first-order chi connectivity index (χ1) is 6.13. The Hall–Kier alpha value is -0.480. The maximum Gasteiger partial charge on any atom is 0.321 e. The van der Waals surface area contributed by atoms with Crippen LogP contribution in [0.4, 0.5) is 0 Å². The number of carbonyl (C=O) groups is 1. The summed E-state index contributed by atoms with van der Waals surface area (Å²) in [6, 6.07) is -0.782. The molecule has 4 heteroatoms. The van der Waals surface area contributed by atoms with Crippen LogP contribution in [0.3, 0.4) is 0 Å². The third kappa shape index (κ3) is 4.95. The van der Waals surface area contributed by atoms with Crippen LogP contribution < -0.4 is 5.73 Å². The highest BCUT2D eigenvalue weighted by atomic mass is 32.2. The van der Waals surface area contributed by atoms with Crippen molar-refractivity contribution >= 4 is 17.7 Å². The number of allylic oxidation sites excluding steroid dienone is 1. The van der Waals surface area contributed by atoms with Gasteiger partial charge >= 0.3 is 5.97 Å². The van der Waals surface area contributed by atoms with E-state index in [4.69, 9.17) is 10.8 Å². The van der Waals surface area contributed by atoms with Gasteiger partial charge in [0.05, 0.1) is 0 Å². The predicted molar refractivity (Wildman–Crippen MR) is 56.9 cm³/mol. The van der Waals surface area contributed by atoms with E-state index in [-0.39, 0.29) is 5.92 Å². The van der Waals surface area contributed by atoms with Crippen LogP contribution in [-0.2, 0) is 4.79 Å².